The molecule has 4 heteroatoms. The Morgan fingerprint density at radius 3 is 2.00 bits per heavy atom. The van der Waals surface area contributed by atoms with Gasteiger partial charge in [-0.25, -0.2) is 0 Å². The molecule has 4 nitrogen and oxygen atoms in total. The molecule has 0 bridgehead atoms. The van der Waals surface area contributed by atoms with Crippen molar-refractivity contribution in [1.29, 1.82) is 0 Å². The van der Waals surface area contributed by atoms with Crippen LogP contribution in [0.3, 0.4) is 0 Å². The molecule has 0 radical (unpaired) electrons. The number of carboxylic acid groups (broad SMARTS) is 1. The van der Waals surface area contributed by atoms with Crippen molar-refractivity contribution in [3.05, 3.63) is 0 Å². The fraction of sp³-hybridized carbons (Fsp3) is 0.917. The third-order valence-corrected chi connectivity index (χ3v) is 2.60. The number of carbonyl (C=O) groups excluding carboxylic acids is 1. The molecule has 0 aliphatic heterocycles. The highest BCUT2D eigenvalue weighted by Crippen LogP contribution is 2.10. The van der Waals surface area contributed by atoms with E-state index in [1.807, 2.05) is 0 Å². The molecule has 0 aliphatic rings. The molecule has 0 heterocycles. The van der Waals surface area contributed by atoms with Crippen LogP contribution in [-0.4, -0.2) is 28.9 Å². The Morgan fingerprint density at radius 1 is 1.00 bits per heavy atom. The molecule has 0 amide bonds. The van der Waals surface area contributed by atoms with E-state index in [2.05, 4.69) is 0 Å². The van der Waals surface area contributed by atoms with Crippen LogP contribution >= 0.6 is 0 Å². The van der Waals surface area contributed by atoms with E-state index in [1.54, 1.807) is 0 Å². The fourth-order valence-electron chi connectivity index (χ4n) is 1.67. The van der Waals surface area contributed by atoms with E-state index < -0.39 is 12.1 Å². The topological polar surface area (TPSA) is 80.6 Å². The van der Waals surface area contributed by atoms with Gasteiger partial charge in [0.2, 0.25) is 0 Å². The maximum absolute atomic E-state index is 10.2. The molecular formula is C12H23O4-. The van der Waals surface area contributed by atoms with Crippen molar-refractivity contribution in [3.8, 4) is 0 Å². The highest BCUT2D eigenvalue weighted by atomic mass is 16.4. The van der Waals surface area contributed by atoms with Crippen molar-refractivity contribution in [2.24, 2.45) is 0 Å². The zero-order valence-electron chi connectivity index (χ0n) is 9.86. The van der Waals surface area contributed by atoms with Gasteiger partial charge in [-0.1, -0.05) is 38.5 Å². The van der Waals surface area contributed by atoms with Gasteiger partial charge >= 0.3 is 0 Å². The minimum atomic E-state index is -1.18. The molecule has 0 aromatic heterocycles. The van der Waals surface area contributed by atoms with Crippen molar-refractivity contribution in [2.75, 3.05) is 6.61 Å². The Balaban J connectivity index is 3.11. The van der Waals surface area contributed by atoms with Crippen LogP contribution in [0.15, 0.2) is 0 Å². The van der Waals surface area contributed by atoms with Gasteiger partial charge in [0.05, 0.1) is 6.10 Å². The Morgan fingerprint density at radius 2 is 1.50 bits per heavy atom. The molecule has 0 spiro atoms. The minimum absolute atomic E-state index is 0.253. The summed E-state index contributed by atoms with van der Waals surface area (Å²) in [5.74, 6) is -1.18. The van der Waals surface area contributed by atoms with Crippen molar-refractivity contribution in [3.63, 3.8) is 0 Å². The highest BCUT2D eigenvalue weighted by molar-refractivity contribution is 5.64. The fourth-order valence-corrected chi connectivity index (χ4v) is 1.67. The molecule has 1 unspecified atom stereocenters. The highest BCUT2D eigenvalue weighted by Gasteiger charge is 2.03. The molecule has 0 aliphatic carbocycles. The van der Waals surface area contributed by atoms with Crippen molar-refractivity contribution >= 4 is 5.97 Å². The van der Waals surface area contributed by atoms with Crippen molar-refractivity contribution < 1.29 is 20.1 Å². The lowest BCUT2D eigenvalue weighted by Gasteiger charge is -2.10. The quantitative estimate of drug-likeness (QED) is 0.510. The number of aliphatic hydroxyl groups is 2. The van der Waals surface area contributed by atoms with Gasteiger partial charge in [-0.05, 0) is 12.8 Å². The van der Waals surface area contributed by atoms with Crippen LogP contribution in [0, 0.1) is 0 Å². The maximum Gasteiger partial charge on any atom is 0.0592 e. The van der Waals surface area contributed by atoms with Crippen LogP contribution in [0.1, 0.15) is 57.8 Å². The Kier molecular flexibility index (Phi) is 10.5. The van der Waals surface area contributed by atoms with Gasteiger partial charge in [0.15, 0.2) is 0 Å². The molecule has 0 fully saturated rings. The summed E-state index contributed by atoms with van der Waals surface area (Å²) < 4.78 is 0. The summed E-state index contributed by atoms with van der Waals surface area (Å²) in [4.78, 5) is 10.2. The van der Waals surface area contributed by atoms with Crippen molar-refractivity contribution in [2.45, 2.75) is 63.9 Å². The van der Waals surface area contributed by atoms with Gasteiger partial charge in [-0.3, -0.25) is 0 Å². The number of carboxylic acids is 1. The van der Waals surface area contributed by atoms with Gasteiger partial charge in [-0.2, -0.15) is 0 Å². The lowest BCUT2D eigenvalue weighted by atomic mass is 10.0. The summed E-state index contributed by atoms with van der Waals surface area (Å²) in [5, 5.41) is 28.0. The van der Waals surface area contributed by atoms with E-state index in [4.69, 9.17) is 5.11 Å². The van der Waals surface area contributed by atoms with E-state index in [-0.39, 0.29) is 13.0 Å². The first-order valence-corrected chi connectivity index (χ1v) is 6.15. The number of aliphatic hydroxyl groups excluding tert-OH is 2. The van der Waals surface area contributed by atoms with Crippen LogP contribution in [0.25, 0.3) is 0 Å². The number of unbranched alkanes of at least 4 members (excludes halogenated alkanes) is 6. The summed E-state index contributed by atoms with van der Waals surface area (Å²) in [7, 11) is 0. The van der Waals surface area contributed by atoms with Crippen LogP contribution in [0.4, 0.5) is 0 Å². The van der Waals surface area contributed by atoms with Crippen LogP contribution in [-0.2, 0) is 4.79 Å². The second-order valence-corrected chi connectivity index (χ2v) is 4.22. The standard InChI is InChI=1S/C12H24O4/c13-9-7-5-3-1-2-4-6-8-11(14)10-12(15)16/h11,13-14H,1-10H2,(H,15,16)/p-1. The number of hydrogen-bond acceptors (Lipinski definition) is 4. The van der Waals surface area contributed by atoms with E-state index in [0.717, 1.165) is 44.9 Å². The first-order valence-electron chi connectivity index (χ1n) is 6.15. The Bertz CT molecular complexity index is 170. The largest absolute Gasteiger partial charge is 0.550 e. The van der Waals surface area contributed by atoms with Crippen LogP contribution in [0.5, 0.6) is 0 Å². The molecule has 0 saturated heterocycles. The summed E-state index contributed by atoms with van der Waals surface area (Å²) in [6.07, 6.45) is 6.80. The normalized spacial score (nSPS) is 12.6. The monoisotopic (exact) mass is 231 g/mol. The van der Waals surface area contributed by atoms with Crippen molar-refractivity contribution in [1.82, 2.24) is 0 Å². The van der Waals surface area contributed by atoms with Crippen LogP contribution < -0.4 is 5.11 Å². The molecule has 1 atom stereocenters. The first kappa shape index (κ1) is 15.4. The third-order valence-electron chi connectivity index (χ3n) is 2.60. The molecule has 2 N–H and O–H groups in total. The van der Waals surface area contributed by atoms with Gasteiger partial charge in [0.25, 0.3) is 0 Å². The van der Waals surface area contributed by atoms with E-state index in [0.29, 0.717) is 6.42 Å². The van der Waals surface area contributed by atoms with E-state index >= 15 is 0 Å². The summed E-state index contributed by atoms with van der Waals surface area (Å²) >= 11 is 0. The molecular weight excluding hydrogens is 208 g/mol. The first-order chi connectivity index (χ1) is 7.66. The molecule has 0 aromatic carbocycles. The molecule has 0 aromatic rings. The van der Waals surface area contributed by atoms with Gasteiger partial charge in [-0.15, -0.1) is 0 Å². The molecule has 16 heavy (non-hydrogen) atoms. The predicted octanol–water partition coefficient (Wildman–Crippen LogP) is 0.600. The summed E-state index contributed by atoms with van der Waals surface area (Å²) in [6, 6.07) is 0. The lowest BCUT2D eigenvalue weighted by molar-refractivity contribution is -0.307. The van der Waals surface area contributed by atoms with E-state index in [1.165, 1.54) is 0 Å². The Labute approximate surface area is 97.3 Å². The molecule has 96 valence electrons. The SMILES string of the molecule is O=C([O-])CC(O)CCCCCCCCCO. The number of aliphatic carboxylic acids is 1. The molecule has 0 rings (SSSR count). The molecule has 0 saturated carbocycles. The lowest BCUT2D eigenvalue weighted by Crippen LogP contribution is -2.27. The second kappa shape index (κ2) is 10.9. The van der Waals surface area contributed by atoms with Gasteiger partial charge in [0, 0.05) is 19.0 Å². The average molecular weight is 231 g/mol. The minimum Gasteiger partial charge on any atom is -0.550 e. The number of hydrogen-bond donors (Lipinski definition) is 2. The maximum atomic E-state index is 10.2. The van der Waals surface area contributed by atoms with E-state index in [9.17, 15) is 15.0 Å². The third kappa shape index (κ3) is 11.5. The summed E-state index contributed by atoms with van der Waals surface area (Å²) in [6.45, 7) is 0.273. The summed E-state index contributed by atoms with van der Waals surface area (Å²) in [5.41, 5.74) is 0. The van der Waals surface area contributed by atoms with Crippen LogP contribution in [0.2, 0.25) is 0 Å². The van der Waals surface area contributed by atoms with Gasteiger partial charge < -0.3 is 20.1 Å². The number of rotatable bonds is 11. The smallest absolute Gasteiger partial charge is 0.0592 e. The predicted molar refractivity (Wildman–Crippen MR) is 59.7 cm³/mol. The average Bonchev–Trinajstić information content (AvgIpc) is 2.21. The van der Waals surface area contributed by atoms with Gasteiger partial charge in [0.1, 0.15) is 0 Å². The number of carbonyl (C=O) groups is 1. The zero-order chi connectivity index (χ0) is 12.2. The zero-order valence-corrected chi connectivity index (χ0v) is 9.86. The second-order valence-electron chi connectivity index (χ2n) is 4.22. The Hall–Kier alpha value is -0.610.